The summed E-state index contributed by atoms with van der Waals surface area (Å²) in [6.45, 7) is 1.94. The van der Waals surface area contributed by atoms with Crippen molar-refractivity contribution in [2.75, 3.05) is 25.1 Å². The smallest absolute Gasteiger partial charge is 0.208 e. The first-order valence-electron chi connectivity index (χ1n) is 5.52. The lowest BCUT2D eigenvalue weighted by molar-refractivity contribution is 0.121. The number of aromatic nitrogens is 2. The fraction of sp³-hybridized carbons (Fsp3) is 0.455. The molecule has 2 aromatic heterocycles. The molecule has 90 valence electrons. The van der Waals surface area contributed by atoms with E-state index in [2.05, 4.69) is 26.5 Å². The van der Waals surface area contributed by atoms with Crippen molar-refractivity contribution in [1.82, 2.24) is 10.2 Å². The van der Waals surface area contributed by atoms with Gasteiger partial charge in [-0.15, -0.1) is 21.5 Å². The molecule has 1 aliphatic rings. The second-order valence-corrected chi connectivity index (χ2v) is 5.86. The van der Waals surface area contributed by atoms with Gasteiger partial charge in [0, 0.05) is 20.2 Å². The van der Waals surface area contributed by atoms with Crippen molar-refractivity contribution in [3.8, 4) is 9.88 Å². The van der Waals surface area contributed by atoms with E-state index in [0.717, 1.165) is 29.6 Å². The first kappa shape index (κ1) is 11.1. The molecule has 1 aliphatic heterocycles. The topological polar surface area (TPSA) is 38.2 Å². The molecule has 1 atom stereocenters. The summed E-state index contributed by atoms with van der Waals surface area (Å²) in [5.41, 5.74) is 0. The average molecular weight is 267 g/mol. The van der Waals surface area contributed by atoms with Crippen LogP contribution in [0.4, 0.5) is 5.13 Å². The molecule has 17 heavy (non-hydrogen) atoms. The highest BCUT2D eigenvalue weighted by Gasteiger charge is 2.24. The number of thiophene rings is 1. The van der Waals surface area contributed by atoms with E-state index >= 15 is 0 Å². The summed E-state index contributed by atoms with van der Waals surface area (Å²) in [5.74, 6) is 0. The van der Waals surface area contributed by atoms with Gasteiger partial charge in [0.05, 0.1) is 11.0 Å². The SMILES string of the molecule is COC1CCN(c2nnc(-c3cccs3)s2)C1. The standard InChI is InChI=1S/C11H13N3OS2/c1-15-8-4-5-14(7-8)11-13-12-10(17-11)9-3-2-6-16-9/h2-3,6,8H,4-5,7H2,1H3. The number of methoxy groups -OCH3 is 1. The van der Waals surface area contributed by atoms with E-state index in [-0.39, 0.29) is 0 Å². The fourth-order valence-electron chi connectivity index (χ4n) is 1.94. The normalized spacial score (nSPS) is 20.1. The first-order valence-corrected chi connectivity index (χ1v) is 7.21. The molecule has 4 nitrogen and oxygen atoms in total. The number of rotatable bonds is 3. The van der Waals surface area contributed by atoms with Crippen molar-refractivity contribution in [2.45, 2.75) is 12.5 Å². The van der Waals surface area contributed by atoms with Crippen molar-refractivity contribution >= 4 is 27.8 Å². The Morgan fingerprint density at radius 1 is 1.47 bits per heavy atom. The first-order chi connectivity index (χ1) is 8.36. The number of ether oxygens (including phenoxy) is 1. The van der Waals surface area contributed by atoms with Crippen LogP contribution < -0.4 is 4.90 Å². The number of anilines is 1. The maximum Gasteiger partial charge on any atom is 0.208 e. The van der Waals surface area contributed by atoms with Crippen LogP contribution in [0.5, 0.6) is 0 Å². The van der Waals surface area contributed by atoms with Crippen LogP contribution in [0.15, 0.2) is 17.5 Å². The molecule has 2 aromatic rings. The summed E-state index contributed by atoms with van der Waals surface area (Å²) in [6.07, 6.45) is 1.41. The molecule has 0 spiro atoms. The van der Waals surface area contributed by atoms with E-state index in [9.17, 15) is 0 Å². The van der Waals surface area contributed by atoms with Gasteiger partial charge in [-0.05, 0) is 17.9 Å². The third-order valence-corrected chi connectivity index (χ3v) is 4.92. The Morgan fingerprint density at radius 2 is 2.41 bits per heavy atom. The van der Waals surface area contributed by atoms with E-state index in [1.54, 1.807) is 29.8 Å². The van der Waals surface area contributed by atoms with Gasteiger partial charge in [-0.25, -0.2) is 0 Å². The largest absolute Gasteiger partial charge is 0.380 e. The van der Waals surface area contributed by atoms with Crippen LogP contribution in [0.3, 0.4) is 0 Å². The van der Waals surface area contributed by atoms with Crippen LogP contribution >= 0.6 is 22.7 Å². The van der Waals surface area contributed by atoms with Gasteiger partial charge in [0.2, 0.25) is 5.13 Å². The summed E-state index contributed by atoms with van der Waals surface area (Å²) in [5, 5.41) is 12.6. The van der Waals surface area contributed by atoms with Crippen molar-refractivity contribution in [3.63, 3.8) is 0 Å². The lowest BCUT2D eigenvalue weighted by Crippen LogP contribution is -2.21. The third kappa shape index (κ3) is 2.20. The van der Waals surface area contributed by atoms with Gasteiger partial charge in [-0.3, -0.25) is 0 Å². The van der Waals surface area contributed by atoms with E-state index in [0.29, 0.717) is 6.10 Å². The Bertz CT molecular complexity index is 483. The van der Waals surface area contributed by atoms with Gasteiger partial charge < -0.3 is 9.64 Å². The number of hydrogen-bond acceptors (Lipinski definition) is 6. The van der Waals surface area contributed by atoms with Crippen molar-refractivity contribution in [2.24, 2.45) is 0 Å². The van der Waals surface area contributed by atoms with Crippen LogP contribution in [0.1, 0.15) is 6.42 Å². The summed E-state index contributed by atoms with van der Waals surface area (Å²) >= 11 is 3.36. The minimum atomic E-state index is 0.337. The van der Waals surface area contributed by atoms with Crippen LogP contribution in [0.2, 0.25) is 0 Å². The summed E-state index contributed by atoms with van der Waals surface area (Å²) in [7, 11) is 1.77. The molecule has 0 saturated carbocycles. The molecular formula is C11H13N3OS2. The Kier molecular flexibility index (Phi) is 3.09. The van der Waals surface area contributed by atoms with E-state index in [4.69, 9.17) is 4.74 Å². The van der Waals surface area contributed by atoms with Crippen LogP contribution in [0, 0.1) is 0 Å². The summed E-state index contributed by atoms with van der Waals surface area (Å²) < 4.78 is 5.36. The highest BCUT2D eigenvalue weighted by atomic mass is 32.1. The van der Waals surface area contributed by atoms with E-state index in [1.807, 2.05) is 6.07 Å². The van der Waals surface area contributed by atoms with Gasteiger partial charge in [0.15, 0.2) is 5.01 Å². The highest BCUT2D eigenvalue weighted by Crippen LogP contribution is 2.32. The van der Waals surface area contributed by atoms with Crippen molar-refractivity contribution in [1.29, 1.82) is 0 Å². The minimum absolute atomic E-state index is 0.337. The molecule has 3 rings (SSSR count). The maximum absolute atomic E-state index is 5.36. The number of nitrogens with zero attached hydrogens (tertiary/aromatic N) is 3. The lowest BCUT2D eigenvalue weighted by atomic mass is 10.3. The molecule has 1 fully saturated rings. The quantitative estimate of drug-likeness (QED) is 0.856. The van der Waals surface area contributed by atoms with Gasteiger partial charge >= 0.3 is 0 Å². The predicted octanol–water partition coefficient (Wildman–Crippen LogP) is 2.49. The third-order valence-electron chi connectivity index (χ3n) is 2.90. The van der Waals surface area contributed by atoms with Gasteiger partial charge in [-0.2, -0.15) is 0 Å². The molecule has 6 heteroatoms. The van der Waals surface area contributed by atoms with Crippen molar-refractivity contribution < 1.29 is 4.74 Å². The van der Waals surface area contributed by atoms with Gasteiger partial charge in [0.1, 0.15) is 0 Å². The molecule has 3 heterocycles. The minimum Gasteiger partial charge on any atom is -0.380 e. The zero-order valence-corrected chi connectivity index (χ0v) is 11.1. The van der Waals surface area contributed by atoms with Crippen molar-refractivity contribution in [3.05, 3.63) is 17.5 Å². The Hall–Kier alpha value is -0.980. The highest BCUT2D eigenvalue weighted by molar-refractivity contribution is 7.22. The van der Waals surface area contributed by atoms with Crippen LogP contribution in [-0.2, 0) is 4.74 Å². The molecule has 0 aliphatic carbocycles. The van der Waals surface area contributed by atoms with Gasteiger partial charge in [-0.1, -0.05) is 17.4 Å². The van der Waals surface area contributed by atoms with Crippen LogP contribution in [0.25, 0.3) is 9.88 Å². The Balaban J connectivity index is 1.77. The Labute approximate surface area is 108 Å². The fourth-order valence-corrected chi connectivity index (χ4v) is 3.61. The second-order valence-electron chi connectivity index (χ2n) is 3.96. The molecule has 0 amide bonds. The molecule has 0 aromatic carbocycles. The van der Waals surface area contributed by atoms with Gasteiger partial charge in [0.25, 0.3) is 0 Å². The second kappa shape index (κ2) is 4.72. The maximum atomic E-state index is 5.36. The molecule has 0 N–H and O–H groups in total. The zero-order valence-electron chi connectivity index (χ0n) is 9.50. The molecule has 0 bridgehead atoms. The van der Waals surface area contributed by atoms with Crippen LogP contribution in [-0.4, -0.2) is 36.5 Å². The summed E-state index contributed by atoms with van der Waals surface area (Å²) in [6, 6.07) is 4.12. The summed E-state index contributed by atoms with van der Waals surface area (Å²) in [4.78, 5) is 3.44. The zero-order chi connectivity index (χ0) is 11.7. The Morgan fingerprint density at radius 3 is 3.12 bits per heavy atom. The lowest BCUT2D eigenvalue weighted by Gasteiger charge is -2.12. The number of hydrogen-bond donors (Lipinski definition) is 0. The molecule has 1 saturated heterocycles. The monoisotopic (exact) mass is 267 g/mol. The predicted molar refractivity (Wildman–Crippen MR) is 70.8 cm³/mol. The molecule has 1 unspecified atom stereocenters. The average Bonchev–Trinajstić information content (AvgIpc) is 3.09. The van der Waals surface area contributed by atoms with E-state index < -0.39 is 0 Å². The molecule has 0 radical (unpaired) electrons. The van der Waals surface area contributed by atoms with E-state index in [1.165, 1.54) is 4.88 Å². The molecular weight excluding hydrogens is 254 g/mol.